The number of carbonyl (C=O) groups is 1. The Kier molecular flexibility index (Phi) is 5.17. The Morgan fingerprint density at radius 1 is 1.10 bits per heavy atom. The lowest BCUT2D eigenvalue weighted by Crippen LogP contribution is -2.10. The van der Waals surface area contributed by atoms with E-state index in [2.05, 4.69) is 10.4 Å². The number of methoxy groups -OCH3 is 2. The minimum atomic E-state index is -0.357. The van der Waals surface area contributed by atoms with Crippen molar-refractivity contribution in [2.24, 2.45) is 7.05 Å². The van der Waals surface area contributed by atoms with Crippen molar-refractivity contribution >= 4 is 33.1 Å². The molecule has 4 rings (SSSR count). The van der Waals surface area contributed by atoms with Gasteiger partial charge in [0.25, 0.3) is 5.91 Å². The third-order valence-corrected chi connectivity index (χ3v) is 6.02. The van der Waals surface area contributed by atoms with Gasteiger partial charge in [0.2, 0.25) is 0 Å². The fraction of sp³-hybridized carbons (Fsp3) is 0.182. The van der Waals surface area contributed by atoms with Gasteiger partial charge in [-0.05, 0) is 48.9 Å². The van der Waals surface area contributed by atoms with Crippen LogP contribution in [0.2, 0.25) is 0 Å². The highest BCUT2D eigenvalue weighted by Crippen LogP contribution is 2.37. The number of anilines is 1. The number of aryl methyl sites for hydroxylation is 2. The molecule has 6 nitrogen and oxygen atoms in total. The van der Waals surface area contributed by atoms with E-state index in [1.54, 1.807) is 44.0 Å². The maximum atomic E-state index is 13.8. The number of ether oxygens (including phenoxy) is 2. The predicted octanol–water partition coefficient (Wildman–Crippen LogP) is 5.02. The fourth-order valence-electron chi connectivity index (χ4n) is 3.21. The molecule has 4 aromatic rings. The van der Waals surface area contributed by atoms with Crippen molar-refractivity contribution in [2.45, 2.75) is 6.92 Å². The summed E-state index contributed by atoms with van der Waals surface area (Å²) in [6.07, 6.45) is 0. The molecule has 0 radical (unpaired) electrons. The van der Waals surface area contributed by atoms with Gasteiger partial charge < -0.3 is 14.8 Å². The summed E-state index contributed by atoms with van der Waals surface area (Å²) in [6.45, 7) is 1.68. The second-order valence-electron chi connectivity index (χ2n) is 6.79. The first-order valence-corrected chi connectivity index (χ1v) is 9.99. The summed E-state index contributed by atoms with van der Waals surface area (Å²) in [5.41, 5.74) is 2.54. The number of nitrogens with zero attached hydrogens (tertiary/aromatic N) is 2. The molecule has 0 atom stereocenters. The molecule has 0 aliphatic rings. The van der Waals surface area contributed by atoms with Crippen LogP contribution in [0.4, 0.5) is 10.1 Å². The number of amides is 1. The molecule has 0 saturated carbocycles. The Hall–Kier alpha value is -3.39. The zero-order valence-electron chi connectivity index (χ0n) is 16.9. The molecule has 1 N–H and O–H groups in total. The molecule has 1 amide bonds. The molecule has 0 aliphatic carbocycles. The van der Waals surface area contributed by atoms with E-state index in [4.69, 9.17) is 9.47 Å². The SMILES string of the molecule is COc1ccc(-c2nn(C)c3sc(C(=O)Nc4ccc(C)c(F)c4)cc23)cc1OC. The minimum Gasteiger partial charge on any atom is -0.493 e. The average Bonchev–Trinajstić information content (AvgIpc) is 3.31. The third kappa shape index (κ3) is 3.50. The molecule has 0 aliphatic heterocycles. The Labute approximate surface area is 176 Å². The predicted molar refractivity (Wildman–Crippen MR) is 116 cm³/mol. The summed E-state index contributed by atoms with van der Waals surface area (Å²) in [7, 11) is 5.00. The number of halogens is 1. The van der Waals surface area contributed by atoms with Gasteiger partial charge in [-0.15, -0.1) is 11.3 Å². The van der Waals surface area contributed by atoms with E-state index in [1.807, 2.05) is 25.2 Å². The number of carbonyl (C=O) groups excluding carboxylic acids is 1. The lowest BCUT2D eigenvalue weighted by molar-refractivity contribution is 0.103. The van der Waals surface area contributed by atoms with Gasteiger partial charge in [-0.25, -0.2) is 4.39 Å². The topological polar surface area (TPSA) is 65.4 Å². The highest BCUT2D eigenvalue weighted by atomic mass is 32.1. The van der Waals surface area contributed by atoms with Crippen LogP contribution in [-0.2, 0) is 7.05 Å². The van der Waals surface area contributed by atoms with Crippen molar-refractivity contribution in [3.63, 3.8) is 0 Å². The van der Waals surface area contributed by atoms with E-state index >= 15 is 0 Å². The number of fused-ring (bicyclic) bond motifs is 1. The number of nitrogens with one attached hydrogen (secondary N) is 1. The van der Waals surface area contributed by atoms with Crippen molar-refractivity contribution < 1.29 is 18.7 Å². The van der Waals surface area contributed by atoms with Gasteiger partial charge in [0.05, 0.1) is 19.1 Å². The van der Waals surface area contributed by atoms with Crippen molar-refractivity contribution in [2.75, 3.05) is 19.5 Å². The largest absolute Gasteiger partial charge is 0.493 e. The van der Waals surface area contributed by atoms with Crippen LogP contribution in [0.5, 0.6) is 11.5 Å². The number of hydrogen-bond acceptors (Lipinski definition) is 5. The van der Waals surface area contributed by atoms with E-state index in [1.165, 1.54) is 17.4 Å². The van der Waals surface area contributed by atoms with Crippen molar-refractivity contribution in [1.82, 2.24) is 9.78 Å². The molecule has 0 spiro atoms. The Bertz CT molecular complexity index is 1260. The van der Waals surface area contributed by atoms with Gasteiger partial charge in [0.15, 0.2) is 11.5 Å². The third-order valence-electron chi connectivity index (χ3n) is 4.82. The zero-order valence-corrected chi connectivity index (χ0v) is 17.8. The highest BCUT2D eigenvalue weighted by Gasteiger charge is 2.19. The minimum absolute atomic E-state index is 0.294. The second kappa shape index (κ2) is 7.79. The van der Waals surface area contributed by atoms with Gasteiger partial charge in [-0.1, -0.05) is 6.07 Å². The van der Waals surface area contributed by atoms with E-state index in [0.29, 0.717) is 27.6 Å². The second-order valence-corrected chi connectivity index (χ2v) is 7.82. The molecule has 2 aromatic carbocycles. The lowest BCUT2D eigenvalue weighted by atomic mass is 10.1. The molecule has 30 heavy (non-hydrogen) atoms. The summed E-state index contributed by atoms with van der Waals surface area (Å²) in [6, 6.07) is 12.0. The van der Waals surface area contributed by atoms with Crippen LogP contribution in [0.1, 0.15) is 15.2 Å². The molecular formula is C22H20FN3O3S. The molecule has 8 heteroatoms. The Morgan fingerprint density at radius 2 is 1.87 bits per heavy atom. The standard InChI is InChI=1S/C22H20FN3O3S/c1-12-5-7-14(10-16(12)23)24-21(27)19-11-15-20(25-26(2)22(15)30-19)13-6-8-17(28-3)18(9-13)29-4/h5-11H,1-4H3,(H,24,27). The van der Waals surface area contributed by atoms with Crippen LogP contribution in [0.25, 0.3) is 21.5 Å². The average molecular weight is 425 g/mol. The lowest BCUT2D eigenvalue weighted by Gasteiger charge is -2.08. The normalized spacial score (nSPS) is 11.0. The van der Waals surface area contributed by atoms with Crippen LogP contribution in [0.15, 0.2) is 42.5 Å². The maximum Gasteiger partial charge on any atom is 0.265 e. The van der Waals surface area contributed by atoms with Crippen molar-refractivity contribution in [3.05, 3.63) is 58.7 Å². The van der Waals surface area contributed by atoms with Gasteiger partial charge in [0.1, 0.15) is 16.3 Å². The summed E-state index contributed by atoms with van der Waals surface area (Å²) >= 11 is 1.33. The fourth-order valence-corrected chi connectivity index (χ4v) is 4.18. The van der Waals surface area contributed by atoms with Crippen molar-refractivity contribution in [3.8, 4) is 22.8 Å². The number of benzene rings is 2. The van der Waals surface area contributed by atoms with Gasteiger partial charge >= 0.3 is 0 Å². The first kappa shape index (κ1) is 19.9. The summed E-state index contributed by atoms with van der Waals surface area (Å²) in [5.74, 6) is 0.578. The molecule has 0 fully saturated rings. The summed E-state index contributed by atoms with van der Waals surface area (Å²) in [5, 5.41) is 8.22. The first-order chi connectivity index (χ1) is 14.4. The number of hydrogen-bond donors (Lipinski definition) is 1. The molecular weight excluding hydrogens is 405 g/mol. The molecule has 0 unspecified atom stereocenters. The molecule has 2 heterocycles. The quantitative estimate of drug-likeness (QED) is 0.488. The smallest absolute Gasteiger partial charge is 0.265 e. The maximum absolute atomic E-state index is 13.8. The van der Waals surface area contributed by atoms with Crippen LogP contribution < -0.4 is 14.8 Å². The number of thiophene rings is 1. The van der Waals surface area contributed by atoms with E-state index in [0.717, 1.165) is 21.5 Å². The number of aromatic nitrogens is 2. The van der Waals surface area contributed by atoms with E-state index < -0.39 is 0 Å². The van der Waals surface area contributed by atoms with Crippen molar-refractivity contribution in [1.29, 1.82) is 0 Å². The van der Waals surface area contributed by atoms with Crippen LogP contribution in [-0.4, -0.2) is 29.9 Å². The molecule has 0 bridgehead atoms. The monoisotopic (exact) mass is 425 g/mol. The van der Waals surface area contributed by atoms with Crippen LogP contribution >= 0.6 is 11.3 Å². The van der Waals surface area contributed by atoms with Gasteiger partial charge in [0, 0.05) is 23.7 Å². The first-order valence-electron chi connectivity index (χ1n) is 9.17. The summed E-state index contributed by atoms with van der Waals surface area (Å²) < 4.78 is 26.2. The summed E-state index contributed by atoms with van der Waals surface area (Å²) in [4.78, 5) is 14.1. The molecule has 154 valence electrons. The Balaban J connectivity index is 1.70. The Morgan fingerprint density at radius 3 is 2.57 bits per heavy atom. The van der Waals surface area contributed by atoms with Crippen LogP contribution in [0, 0.1) is 12.7 Å². The van der Waals surface area contributed by atoms with Gasteiger partial charge in [-0.2, -0.15) is 5.10 Å². The molecule has 2 aromatic heterocycles. The highest BCUT2D eigenvalue weighted by molar-refractivity contribution is 7.20. The zero-order chi connectivity index (χ0) is 21.4. The van der Waals surface area contributed by atoms with E-state index in [-0.39, 0.29) is 11.7 Å². The van der Waals surface area contributed by atoms with Crippen LogP contribution in [0.3, 0.4) is 0 Å². The number of rotatable bonds is 5. The molecule has 0 saturated heterocycles. The van der Waals surface area contributed by atoms with E-state index in [9.17, 15) is 9.18 Å². The van der Waals surface area contributed by atoms with Gasteiger partial charge in [-0.3, -0.25) is 9.48 Å².